The van der Waals surface area contributed by atoms with Crippen molar-refractivity contribution in [2.24, 2.45) is 0 Å². The molecule has 0 saturated carbocycles. The van der Waals surface area contributed by atoms with E-state index in [0.717, 1.165) is 0 Å². The van der Waals surface area contributed by atoms with Crippen molar-refractivity contribution in [3.63, 3.8) is 0 Å². The molecule has 12 heavy (non-hydrogen) atoms. The molecule has 1 heterocycles. The molecule has 0 radical (unpaired) electrons. The summed E-state index contributed by atoms with van der Waals surface area (Å²) in [5.41, 5.74) is 0. The summed E-state index contributed by atoms with van der Waals surface area (Å²) in [4.78, 5) is 0. The van der Waals surface area contributed by atoms with Gasteiger partial charge in [-0.1, -0.05) is 32.6 Å². The van der Waals surface area contributed by atoms with Crippen LogP contribution in [0.3, 0.4) is 0 Å². The maximum absolute atomic E-state index is 5.53. The predicted octanol–water partition coefficient (Wildman–Crippen LogP) is -0.152. The minimum absolute atomic E-state index is 0.580. The van der Waals surface area contributed by atoms with Gasteiger partial charge in [0.1, 0.15) is 0 Å². The lowest BCUT2D eigenvalue weighted by Gasteiger charge is -2.21. The van der Waals surface area contributed by atoms with E-state index in [0.29, 0.717) is 0 Å². The molecule has 0 atom stereocenters. The molecule has 1 fully saturated rings. The fourth-order valence-electron chi connectivity index (χ4n) is 1.23. The van der Waals surface area contributed by atoms with Crippen LogP contribution in [0.15, 0.2) is 0 Å². The van der Waals surface area contributed by atoms with Gasteiger partial charge in [-0.2, -0.15) is 0 Å². The molecule has 6 heteroatoms. The van der Waals surface area contributed by atoms with Gasteiger partial charge in [0.15, 0.2) is 0 Å². The Balaban J connectivity index is 1.91. The molecule has 0 spiro atoms. The number of hydrogen-bond acceptors (Lipinski definition) is 3. The van der Waals surface area contributed by atoms with Crippen LogP contribution in [0.5, 0.6) is 0 Å². The van der Waals surface area contributed by atoms with Gasteiger partial charge < -0.3 is 12.3 Å². The summed E-state index contributed by atoms with van der Waals surface area (Å²) in [6.07, 6.45) is 5.30. The lowest BCUT2D eigenvalue weighted by atomic mass is 10.2. The summed E-state index contributed by atoms with van der Waals surface area (Å²) in [5.74, 6) is 0. The first kappa shape index (κ1) is 10.6. The van der Waals surface area contributed by atoms with E-state index < -0.39 is 29.3 Å². The molecule has 0 aliphatic carbocycles. The van der Waals surface area contributed by atoms with Crippen LogP contribution in [0.1, 0.15) is 32.6 Å². The minimum atomic E-state index is -1.17. The quantitative estimate of drug-likeness (QED) is 0.478. The summed E-state index contributed by atoms with van der Waals surface area (Å²) in [6.45, 7) is 2.23. The van der Waals surface area contributed by atoms with Gasteiger partial charge in [-0.3, -0.25) is 0 Å². The largest absolute Gasteiger partial charge is 0.425 e. The van der Waals surface area contributed by atoms with Gasteiger partial charge in [0.05, 0.1) is 0 Å². The Labute approximate surface area is 80.8 Å². The first-order valence-corrected chi connectivity index (χ1v) is 8.81. The molecule has 0 N–H and O–H groups in total. The average molecular weight is 222 g/mol. The topological polar surface area (TPSA) is 27.7 Å². The normalized spacial score (nSPS) is 28.2. The van der Waals surface area contributed by atoms with Crippen LogP contribution in [-0.4, -0.2) is 29.3 Å². The first-order valence-electron chi connectivity index (χ1n) is 4.74. The average Bonchev–Trinajstić information content (AvgIpc) is 2.14. The summed E-state index contributed by atoms with van der Waals surface area (Å²) in [6, 6.07) is 1.21. The Morgan fingerprint density at radius 3 is 2.50 bits per heavy atom. The summed E-state index contributed by atoms with van der Waals surface area (Å²) in [7, 11) is -2.33. The van der Waals surface area contributed by atoms with Crippen LogP contribution < -0.4 is 0 Å². The second-order valence-electron chi connectivity index (χ2n) is 3.05. The van der Waals surface area contributed by atoms with Gasteiger partial charge in [-0.05, 0) is 6.04 Å². The zero-order valence-corrected chi connectivity index (χ0v) is 11.7. The van der Waals surface area contributed by atoms with E-state index in [4.69, 9.17) is 12.3 Å². The van der Waals surface area contributed by atoms with Crippen LogP contribution in [0.4, 0.5) is 0 Å². The molecule has 0 amide bonds. The van der Waals surface area contributed by atoms with Crippen molar-refractivity contribution in [1.29, 1.82) is 0 Å². The standard InChI is InChI=1S/C6H18O3Si3/c1-2-3-4-5-6-12-8-10-7-11-9-12/h12H,2-6,10-11H2,1H3. The Kier molecular flexibility index (Phi) is 6.18. The van der Waals surface area contributed by atoms with Crippen LogP contribution in [0.2, 0.25) is 6.04 Å². The molecule has 0 aromatic heterocycles. The van der Waals surface area contributed by atoms with Crippen LogP contribution in [0, 0.1) is 0 Å². The van der Waals surface area contributed by atoms with Gasteiger partial charge in [-0.15, -0.1) is 0 Å². The highest BCUT2D eigenvalue weighted by atomic mass is 28.4. The fourth-order valence-corrected chi connectivity index (χ4v) is 8.43. The fraction of sp³-hybridized carbons (Fsp3) is 1.00. The Hall–Kier alpha value is 0.531. The lowest BCUT2D eigenvalue weighted by molar-refractivity contribution is 0.321. The van der Waals surface area contributed by atoms with Crippen molar-refractivity contribution >= 4 is 29.3 Å². The van der Waals surface area contributed by atoms with Gasteiger partial charge in [0, 0.05) is 0 Å². The molecule has 1 aliphatic rings. The molecular formula is C6H18O3Si3. The summed E-state index contributed by atoms with van der Waals surface area (Å²) < 4.78 is 16.2. The zero-order valence-electron chi connectivity index (χ0n) is 7.75. The molecule has 1 aliphatic heterocycles. The Morgan fingerprint density at radius 2 is 1.83 bits per heavy atom. The third kappa shape index (κ3) is 4.53. The summed E-state index contributed by atoms with van der Waals surface area (Å²) >= 11 is 0. The maximum atomic E-state index is 5.53. The molecule has 0 bridgehead atoms. The first-order chi connectivity index (χ1) is 5.93. The van der Waals surface area contributed by atoms with Crippen LogP contribution in [0.25, 0.3) is 0 Å². The van der Waals surface area contributed by atoms with E-state index in [1.54, 1.807) is 0 Å². The smallest absolute Gasteiger partial charge is 0.303 e. The SMILES string of the molecule is CCCCCC[SiH]1O[SiH2]O[SiH2]O1. The Bertz CT molecular complexity index is 108. The molecule has 0 aromatic carbocycles. The van der Waals surface area contributed by atoms with Crippen molar-refractivity contribution in [2.45, 2.75) is 38.7 Å². The van der Waals surface area contributed by atoms with Crippen LogP contribution in [-0.2, 0) is 12.3 Å². The highest BCUT2D eigenvalue weighted by Crippen LogP contribution is 2.08. The van der Waals surface area contributed by atoms with Crippen molar-refractivity contribution in [3.05, 3.63) is 0 Å². The van der Waals surface area contributed by atoms with Gasteiger partial charge in [0.2, 0.25) is 0 Å². The van der Waals surface area contributed by atoms with Crippen molar-refractivity contribution in [1.82, 2.24) is 0 Å². The van der Waals surface area contributed by atoms with Crippen molar-refractivity contribution < 1.29 is 12.3 Å². The van der Waals surface area contributed by atoms with Gasteiger partial charge in [0.25, 0.3) is 20.0 Å². The third-order valence-corrected chi connectivity index (χ3v) is 8.24. The summed E-state index contributed by atoms with van der Waals surface area (Å²) in [5, 5.41) is 0. The molecule has 72 valence electrons. The van der Waals surface area contributed by atoms with E-state index in [2.05, 4.69) is 6.92 Å². The second kappa shape index (κ2) is 6.98. The van der Waals surface area contributed by atoms with E-state index in [1.165, 1.54) is 31.7 Å². The molecule has 3 nitrogen and oxygen atoms in total. The van der Waals surface area contributed by atoms with E-state index >= 15 is 0 Å². The second-order valence-corrected chi connectivity index (χ2v) is 9.26. The molecule has 1 saturated heterocycles. The number of unbranched alkanes of at least 4 members (excludes halogenated alkanes) is 3. The Morgan fingerprint density at radius 1 is 1.08 bits per heavy atom. The van der Waals surface area contributed by atoms with Crippen LogP contribution >= 0.6 is 0 Å². The predicted molar refractivity (Wildman–Crippen MR) is 56.4 cm³/mol. The van der Waals surface area contributed by atoms with Gasteiger partial charge >= 0.3 is 9.28 Å². The highest BCUT2D eigenvalue weighted by molar-refractivity contribution is 6.61. The number of hydrogen-bond donors (Lipinski definition) is 0. The van der Waals surface area contributed by atoms with E-state index in [9.17, 15) is 0 Å². The van der Waals surface area contributed by atoms with E-state index in [-0.39, 0.29) is 0 Å². The molecule has 0 unspecified atom stereocenters. The van der Waals surface area contributed by atoms with Crippen molar-refractivity contribution in [3.8, 4) is 0 Å². The molecule has 0 aromatic rings. The minimum Gasteiger partial charge on any atom is -0.425 e. The monoisotopic (exact) mass is 222 g/mol. The number of rotatable bonds is 5. The van der Waals surface area contributed by atoms with Crippen molar-refractivity contribution in [2.75, 3.05) is 0 Å². The zero-order chi connectivity index (χ0) is 8.65. The maximum Gasteiger partial charge on any atom is 0.303 e. The van der Waals surface area contributed by atoms with E-state index in [1.807, 2.05) is 0 Å². The lowest BCUT2D eigenvalue weighted by Crippen LogP contribution is -2.34. The molecule has 1 rings (SSSR count). The molecular weight excluding hydrogens is 204 g/mol. The highest BCUT2D eigenvalue weighted by Gasteiger charge is 2.16. The third-order valence-electron chi connectivity index (χ3n) is 1.97. The van der Waals surface area contributed by atoms with Gasteiger partial charge in [-0.25, -0.2) is 0 Å².